The van der Waals surface area contributed by atoms with Gasteiger partial charge in [-0.15, -0.1) is 0 Å². The van der Waals surface area contributed by atoms with Gasteiger partial charge >= 0.3 is 0 Å². The van der Waals surface area contributed by atoms with E-state index in [0.29, 0.717) is 18.8 Å². The van der Waals surface area contributed by atoms with Crippen LogP contribution in [0, 0.1) is 0 Å². The Kier molecular flexibility index (Phi) is 5.84. The molecule has 1 spiro atoms. The molecule has 0 aromatic heterocycles. The fourth-order valence-electron chi connectivity index (χ4n) is 3.61. The van der Waals surface area contributed by atoms with Crippen molar-refractivity contribution in [2.45, 2.75) is 57.0 Å². The number of nitrogens with one attached hydrogen (secondary N) is 1. The molecular formula is C16H32N2O2. The first-order chi connectivity index (χ1) is 9.64. The average molecular weight is 284 g/mol. The van der Waals surface area contributed by atoms with Crippen LogP contribution in [0.3, 0.4) is 0 Å². The summed E-state index contributed by atoms with van der Waals surface area (Å²) in [6.07, 6.45) is 6.64. The van der Waals surface area contributed by atoms with E-state index in [4.69, 9.17) is 9.47 Å². The molecule has 4 nitrogen and oxygen atoms in total. The fourth-order valence-corrected chi connectivity index (χ4v) is 3.61. The van der Waals surface area contributed by atoms with Crippen LogP contribution in [0.25, 0.3) is 0 Å². The monoisotopic (exact) mass is 284 g/mol. The normalized spacial score (nSPS) is 30.1. The van der Waals surface area contributed by atoms with Crippen molar-refractivity contribution in [1.29, 1.82) is 0 Å². The second-order valence-corrected chi connectivity index (χ2v) is 6.72. The third-order valence-electron chi connectivity index (χ3n) is 5.36. The summed E-state index contributed by atoms with van der Waals surface area (Å²) >= 11 is 0. The molecule has 1 aliphatic carbocycles. The molecule has 2 aliphatic rings. The van der Waals surface area contributed by atoms with Crippen LogP contribution < -0.4 is 5.32 Å². The molecule has 4 heteroatoms. The Morgan fingerprint density at radius 3 is 2.55 bits per heavy atom. The van der Waals surface area contributed by atoms with E-state index >= 15 is 0 Å². The minimum absolute atomic E-state index is 0.276. The number of rotatable bonds is 7. The van der Waals surface area contributed by atoms with Crippen LogP contribution in [0.1, 0.15) is 46.0 Å². The fraction of sp³-hybridized carbons (Fsp3) is 1.00. The third kappa shape index (κ3) is 3.73. The van der Waals surface area contributed by atoms with Gasteiger partial charge in [-0.3, -0.25) is 4.90 Å². The number of nitrogens with zero attached hydrogens (tertiary/aromatic N) is 1. The van der Waals surface area contributed by atoms with Crippen molar-refractivity contribution in [2.24, 2.45) is 0 Å². The lowest BCUT2D eigenvalue weighted by atomic mass is 9.85. The first-order valence-electron chi connectivity index (χ1n) is 8.21. The van der Waals surface area contributed by atoms with Crippen LogP contribution >= 0.6 is 0 Å². The maximum absolute atomic E-state index is 5.68. The van der Waals surface area contributed by atoms with Gasteiger partial charge < -0.3 is 14.8 Å². The van der Waals surface area contributed by atoms with E-state index in [1.165, 1.54) is 38.6 Å². The molecule has 1 N–H and O–H groups in total. The van der Waals surface area contributed by atoms with Crippen molar-refractivity contribution in [2.75, 3.05) is 46.6 Å². The van der Waals surface area contributed by atoms with E-state index in [0.717, 1.165) is 19.7 Å². The maximum atomic E-state index is 5.68. The van der Waals surface area contributed by atoms with Crippen LogP contribution in [-0.4, -0.2) is 62.5 Å². The molecule has 118 valence electrons. The molecule has 1 heterocycles. The summed E-state index contributed by atoms with van der Waals surface area (Å²) in [6, 6.07) is 0. The lowest BCUT2D eigenvalue weighted by Gasteiger charge is -2.52. The molecule has 1 aliphatic heterocycles. The van der Waals surface area contributed by atoms with Crippen molar-refractivity contribution in [3.8, 4) is 0 Å². The molecule has 20 heavy (non-hydrogen) atoms. The molecule has 1 atom stereocenters. The zero-order valence-electron chi connectivity index (χ0n) is 13.5. The van der Waals surface area contributed by atoms with Gasteiger partial charge in [0.25, 0.3) is 0 Å². The van der Waals surface area contributed by atoms with Crippen LogP contribution in [-0.2, 0) is 9.47 Å². The van der Waals surface area contributed by atoms with Crippen molar-refractivity contribution >= 4 is 0 Å². The molecule has 1 saturated carbocycles. The van der Waals surface area contributed by atoms with Gasteiger partial charge in [0.2, 0.25) is 0 Å². The Labute approximate surface area is 124 Å². The van der Waals surface area contributed by atoms with Gasteiger partial charge in [0.15, 0.2) is 0 Å². The van der Waals surface area contributed by atoms with Crippen molar-refractivity contribution in [3.63, 3.8) is 0 Å². The summed E-state index contributed by atoms with van der Waals surface area (Å²) < 4.78 is 10.7. The van der Waals surface area contributed by atoms with Crippen LogP contribution in [0.15, 0.2) is 0 Å². The second kappa shape index (κ2) is 7.21. The molecule has 0 bridgehead atoms. The van der Waals surface area contributed by atoms with Crippen LogP contribution in [0.4, 0.5) is 0 Å². The lowest BCUT2D eigenvalue weighted by molar-refractivity contribution is -0.0136. The number of ether oxygens (including phenoxy) is 2. The van der Waals surface area contributed by atoms with Crippen molar-refractivity contribution in [1.82, 2.24) is 10.2 Å². The van der Waals surface area contributed by atoms with Gasteiger partial charge in [0.1, 0.15) is 0 Å². The van der Waals surface area contributed by atoms with E-state index in [9.17, 15) is 0 Å². The summed E-state index contributed by atoms with van der Waals surface area (Å²) in [7, 11) is 1.72. The smallest absolute Gasteiger partial charge is 0.0700 e. The van der Waals surface area contributed by atoms with Crippen LogP contribution in [0.2, 0.25) is 0 Å². The van der Waals surface area contributed by atoms with E-state index < -0.39 is 0 Å². The molecular weight excluding hydrogens is 252 g/mol. The van der Waals surface area contributed by atoms with E-state index in [2.05, 4.69) is 24.1 Å². The topological polar surface area (TPSA) is 33.7 Å². The van der Waals surface area contributed by atoms with Gasteiger partial charge in [0.05, 0.1) is 19.8 Å². The Hall–Kier alpha value is -0.160. The quantitative estimate of drug-likeness (QED) is 0.725. The summed E-state index contributed by atoms with van der Waals surface area (Å²) in [6.45, 7) is 10.2. The zero-order chi connectivity index (χ0) is 14.5. The molecule has 2 rings (SSSR count). The van der Waals surface area contributed by atoms with Gasteiger partial charge in [-0.1, -0.05) is 19.8 Å². The summed E-state index contributed by atoms with van der Waals surface area (Å²) in [4.78, 5) is 2.67. The molecule has 0 aromatic carbocycles. The first kappa shape index (κ1) is 16.2. The standard InChI is InChI=1S/C16H32N2O2/c1-4-15(2)13-17-16(7-5-6-8-16)14-18(15)9-10-20-12-11-19-3/h17H,4-14H2,1-3H3. The highest BCUT2D eigenvalue weighted by molar-refractivity contribution is 5.05. The Bertz CT molecular complexity index is 292. The minimum atomic E-state index is 0.276. The molecule has 1 unspecified atom stereocenters. The van der Waals surface area contributed by atoms with E-state index in [-0.39, 0.29) is 5.54 Å². The van der Waals surface area contributed by atoms with Crippen molar-refractivity contribution in [3.05, 3.63) is 0 Å². The predicted molar refractivity (Wildman–Crippen MR) is 82.2 cm³/mol. The SMILES string of the molecule is CCC1(C)CNC2(CCCC2)CN1CCOCCOC. The third-order valence-corrected chi connectivity index (χ3v) is 5.36. The highest BCUT2D eigenvalue weighted by atomic mass is 16.5. The largest absolute Gasteiger partial charge is 0.382 e. The van der Waals surface area contributed by atoms with Crippen LogP contribution in [0.5, 0.6) is 0 Å². The molecule has 2 fully saturated rings. The van der Waals surface area contributed by atoms with Gasteiger partial charge in [-0.05, 0) is 26.2 Å². The highest BCUT2D eigenvalue weighted by Gasteiger charge is 2.45. The Morgan fingerprint density at radius 1 is 1.15 bits per heavy atom. The highest BCUT2D eigenvalue weighted by Crippen LogP contribution is 2.36. The number of methoxy groups -OCH3 is 1. The number of hydrogen-bond donors (Lipinski definition) is 1. The predicted octanol–water partition coefficient (Wildman–Crippen LogP) is 2.04. The van der Waals surface area contributed by atoms with Crippen molar-refractivity contribution < 1.29 is 9.47 Å². The lowest BCUT2D eigenvalue weighted by Crippen LogP contribution is -2.68. The van der Waals surface area contributed by atoms with E-state index in [1.807, 2.05) is 0 Å². The Morgan fingerprint density at radius 2 is 1.90 bits per heavy atom. The molecule has 0 aromatic rings. The summed E-state index contributed by atoms with van der Waals surface area (Å²) in [5.41, 5.74) is 0.666. The number of piperazine rings is 1. The van der Waals surface area contributed by atoms with Gasteiger partial charge in [-0.2, -0.15) is 0 Å². The average Bonchev–Trinajstić information content (AvgIpc) is 2.91. The van der Waals surface area contributed by atoms with E-state index in [1.54, 1.807) is 7.11 Å². The molecule has 0 radical (unpaired) electrons. The number of hydrogen-bond acceptors (Lipinski definition) is 4. The maximum Gasteiger partial charge on any atom is 0.0700 e. The second-order valence-electron chi connectivity index (χ2n) is 6.72. The minimum Gasteiger partial charge on any atom is -0.382 e. The molecule has 0 amide bonds. The zero-order valence-corrected chi connectivity index (χ0v) is 13.5. The van der Waals surface area contributed by atoms with Gasteiger partial charge in [0, 0.05) is 37.8 Å². The first-order valence-corrected chi connectivity index (χ1v) is 8.21. The van der Waals surface area contributed by atoms with Gasteiger partial charge in [-0.25, -0.2) is 0 Å². The Balaban J connectivity index is 1.86. The summed E-state index contributed by atoms with van der Waals surface area (Å²) in [5.74, 6) is 0. The summed E-state index contributed by atoms with van der Waals surface area (Å²) in [5, 5.41) is 3.87. The molecule has 1 saturated heterocycles.